The Kier molecular flexibility index (Phi) is 3.49. The second-order valence-electron chi connectivity index (χ2n) is 4.10. The standard InChI is InChI=1S/C10H11FN4O3S/c1-13-10(4-16)6(17)2-7(19-10)15-3-5(11)8(12)14-9(15)18/h3,6-7,16-17H,2,4H2,(H2,12,14,18)/t6-,7+,10+/m0/s1. The maximum atomic E-state index is 13.3. The highest BCUT2D eigenvalue weighted by atomic mass is 32.2. The third-order valence-corrected chi connectivity index (χ3v) is 4.54. The summed E-state index contributed by atoms with van der Waals surface area (Å²) in [5.41, 5.74) is 4.42. The largest absolute Gasteiger partial charge is 0.387 e. The number of nitrogen functional groups attached to an aromatic ring is 1. The van der Waals surface area contributed by atoms with Gasteiger partial charge >= 0.3 is 10.6 Å². The lowest BCUT2D eigenvalue weighted by atomic mass is 10.1. The molecule has 1 aliphatic heterocycles. The lowest BCUT2D eigenvalue weighted by Crippen LogP contribution is -2.34. The number of aromatic nitrogens is 2. The number of hydrogen-bond donors (Lipinski definition) is 3. The maximum absolute atomic E-state index is 13.3. The molecule has 3 atom stereocenters. The van der Waals surface area contributed by atoms with Crippen LogP contribution in [0.2, 0.25) is 0 Å². The van der Waals surface area contributed by atoms with Gasteiger partial charge in [0.25, 0.3) is 0 Å². The second kappa shape index (κ2) is 4.80. The molecule has 1 fully saturated rings. The van der Waals surface area contributed by atoms with Crippen LogP contribution in [-0.4, -0.2) is 37.3 Å². The third-order valence-electron chi connectivity index (χ3n) is 2.95. The van der Waals surface area contributed by atoms with E-state index in [-0.39, 0.29) is 6.42 Å². The predicted molar refractivity (Wildman–Crippen MR) is 66.5 cm³/mol. The summed E-state index contributed by atoms with van der Waals surface area (Å²) < 4.78 is 14.3. The normalized spacial score (nSPS) is 30.2. The highest BCUT2D eigenvalue weighted by Gasteiger charge is 2.54. The number of rotatable bonds is 2. The van der Waals surface area contributed by atoms with E-state index >= 15 is 0 Å². The molecule has 1 aromatic heterocycles. The van der Waals surface area contributed by atoms with Crippen LogP contribution < -0.4 is 11.4 Å². The summed E-state index contributed by atoms with van der Waals surface area (Å²) >= 11 is 0.909. The molecular formula is C10H11FN4O3S. The highest BCUT2D eigenvalue weighted by molar-refractivity contribution is 8.01. The topological polar surface area (TPSA) is 106 Å². The maximum Gasteiger partial charge on any atom is 0.350 e. The van der Waals surface area contributed by atoms with Gasteiger partial charge in [-0.2, -0.15) is 4.98 Å². The Balaban J connectivity index is 2.39. The van der Waals surface area contributed by atoms with E-state index < -0.39 is 40.3 Å². The van der Waals surface area contributed by atoms with Gasteiger partial charge in [-0.1, -0.05) is 0 Å². The Bertz CT molecular complexity index is 601. The SMILES string of the molecule is [C-]#[N+][C@]1(CO)S[C@@H](n2cc(F)c(N)nc2=O)C[C@@H]1O. The highest BCUT2D eigenvalue weighted by Crippen LogP contribution is 2.49. The van der Waals surface area contributed by atoms with E-state index in [1.54, 1.807) is 0 Å². The number of thioether (sulfide) groups is 1. The van der Waals surface area contributed by atoms with E-state index in [1.165, 1.54) is 0 Å². The predicted octanol–water partition coefficient (Wildman–Crippen LogP) is -0.431. The summed E-state index contributed by atoms with van der Waals surface area (Å²) in [4.78, 5) is 16.8. The molecule has 102 valence electrons. The molecule has 2 rings (SSSR count). The van der Waals surface area contributed by atoms with Gasteiger partial charge in [0.2, 0.25) is 0 Å². The number of nitrogens with zero attached hydrogens (tertiary/aromatic N) is 3. The van der Waals surface area contributed by atoms with Gasteiger partial charge in [0.05, 0.1) is 5.37 Å². The van der Waals surface area contributed by atoms with E-state index in [1.807, 2.05) is 0 Å². The van der Waals surface area contributed by atoms with Crippen LogP contribution in [0.5, 0.6) is 0 Å². The molecular weight excluding hydrogens is 275 g/mol. The van der Waals surface area contributed by atoms with Gasteiger partial charge in [-0.3, -0.25) is 9.41 Å². The smallest absolute Gasteiger partial charge is 0.350 e. The number of aliphatic hydroxyl groups excluding tert-OH is 2. The Hall–Kier alpha value is -1.63. The zero-order valence-electron chi connectivity index (χ0n) is 9.65. The summed E-state index contributed by atoms with van der Waals surface area (Å²) in [6, 6.07) is 0. The summed E-state index contributed by atoms with van der Waals surface area (Å²) in [6.07, 6.45) is -0.178. The lowest BCUT2D eigenvalue weighted by Gasteiger charge is -2.16. The van der Waals surface area contributed by atoms with Crippen LogP contribution in [0.4, 0.5) is 10.2 Å². The summed E-state index contributed by atoms with van der Waals surface area (Å²) in [7, 11) is 0. The molecule has 0 saturated carbocycles. The van der Waals surface area contributed by atoms with Gasteiger partial charge in [-0.05, 0) is 11.8 Å². The zero-order valence-corrected chi connectivity index (χ0v) is 10.5. The van der Waals surface area contributed by atoms with Crippen LogP contribution in [0.15, 0.2) is 11.0 Å². The van der Waals surface area contributed by atoms with Gasteiger partial charge in [0.1, 0.15) is 12.7 Å². The van der Waals surface area contributed by atoms with Crippen molar-refractivity contribution in [3.63, 3.8) is 0 Å². The van der Waals surface area contributed by atoms with E-state index in [0.29, 0.717) is 0 Å². The molecule has 0 radical (unpaired) electrons. The molecule has 4 N–H and O–H groups in total. The first kappa shape index (κ1) is 13.8. The molecule has 7 nitrogen and oxygen atoms in total. The Labute approximate surface area is 111 Å². The molecule has 1 aromatic rings. The first-order chi connectivity index (χ1) is 8.93. The molecule has 19 heavy (non-hydrogen) atoms. The molecule has 0 aliphatic carbocycles. The third kappa shape index (κ3) is 2.18. The van der Waals surface area contributed by atoms with Crippen molar-refractivity contribution in [2.75, 3.05) is 12.3 Å². The summed E-state index contributed by atoms with van der Waals surface area (Å²) in [6.45, 7) is 6.49. The first-order valence-electron chi connectivity index (χ1n) is 5.33. The van der Waals surface area contributed by atoms with Crippen LogP contribution in [0.25, 0.3) is 4.85 Å². The molecule has 0 aromatic carbocycles. The van der Waals surface area contributed by atoms with Crippen LogP contribution in [0.3, 0.4) is 0 Å². The fraction of sp³-hybridized carbons (Fsp3) is 0.500. The van der Waals surface area contributed by atoms with E-state index in [0.717, 1.165) is 22.5 Å². The molecule has 0 bridgehead atoms. The van der Waals surface area contributed by atoms with E-state index in [9.17, 15) is 19.4 Å². The number of nitrogens with two attached hydrogens (primary N) is 1. The number of aliphatic hydroxyl groups is 2. The minimum absolute atomic E-state index is 0.0402. The van der Waals surface area contributed by atoms with E-state index in [4.69, 9.17) is 12.3 Å². The van der Waals surface area contributed by atoms with Crippen molar-refractivity contribution in [1.82, 2.24) is 9.55 Å². The van der Waals surface area contributed by atoms with Gasteiger partial charge < -0.3 is 15.9 Å². The lowest BCUT2D eigenvalue weighted by molar-refractivity contribution is 0.109. The van der Waals surface area contributed by atoms with Crippen molar-refractivity contribution >= 4 is 17.6 Å². The molecule has 1 saturated heterocycles. The quantitative estimate of drug-likeness (QED) is 0.637. The Morgan fingerprint density at radius 2 is 2.47 bits per heavy atom. The van der Waals surface area contributed by atoms with Gasteiger partial charge in [-0.25, -0.2) is 15.8 Å². The van der Waals surface area contributed by atoms with E-state index in [2.05, 4.69) is 9.83 Å². The molecule has 9 heteroatoms. The summed E-state index contributed by atoms with van der Waals surface area (Å²) in [5.74, 6) is -1.35. The van der Waals surface area contributed by atoms with Gasteiger partial charge in [-0.15, -0.1) is 0 Å². The van der Waals surface area contributed by atoms with Crippen molar-refractivity contribution in [1.29, 1.82) is 0 Å². The number of halogens is 1. The number of hydrogen-bond acceptors (Lipinski definition) is 6. The fourth-order valence-electron chi connectivity index (χ4n) is 1.85. The molecule has 1 aliphatic rings. The van der Waals surface area contributed by atoms with Gasteiger partial charge in [0, 0.05) is 12.6 Å². The van der Waals surface area contributed by atoms with Crippen LogP contribution >= 0.6 is 11.8 Å². The van der Waals surface area contributed by atoms with Crippen molar-refractivity contribution in [3.05, 3.63) is 33.9 Å². The second-order valence-corrected chi connectivity index (χ2v) is 5.59. The van der Waals surface area contributed by atoms with Crippen LogP contribution in [0, 0.1) is 12.4 Å². The average molecular weight is 286 g/mol. The van der Waals surface area contributed by atoms with Crippen molar-refractivity contribution < 1.29 is 14.6 Å². The van der Waals surface area contributed by atoms with Crippen LogP contribution in [-0.2, 0) is 0 Å². The molecule has 0 spiro atoms. The van der Waals surface area contributed by atoms with Crippen molar-refractivity contribution in [2.24, 2.45) is 0 Å². The van der Waals surface area contributed by atoms with Crippen LogP contribution in [0.1, 0.15) is 11.8 Å². The minimum atomic E-state index is -1.43. The zero-order chi connectivity index (χ0) is 14.2. The molecule has 2 heterocycles. The first-order valence-corrected chi connectivity index (χ1v) is 6.21. The fourth-order valence-corrected chi connectivity index (χ4v) is 3.25. The summed E-state index contributed by atoms with van der Waals surface area (Å²) in [5, 5.41) is 18.4. The molecule has 0 amide bonds. The monoisotopic (exact) mass is 286 g/mol. The van der Waals surface area contributed by atoms with Crippen molar-refractivity contribution in [2.45, 2.75) is 22.8 Å². The minimum Gasteiger partial charge on any atom is -0.387 e. The van der Waals surface area contributed by atoms with Gasteiger partial charge in [0.15, 0.2) is 11.6 Å². The Morgan fingerprint density at radius 3 is 3.00 bits per heavy atom. The number of anilines is 1. The molecule has 0 unspecified atom stereocenters. The Morgan fingerprint density at radius 1 is 1.79 bits per heavy atom. The van der Waals surface area contributed by atoms with Crippen molar-refractivity contribution in [3.8, 4) is 0 Å². The average Bonchev–Trinajstić information content (AvgIpc) is 2.71.